The van der Waals surface area contributed by atoms with Crippen LogP contribution in [0.4, 0.5) is 4.39 Å². The van der Waals surface area contributed by atoms with Gasteiger partial charge in [-0.3, -0.25) is 0 Å². The summed E-state index contributed by atoms with van der Waals surface area (Å²) in [6.07, 6.45) is 8.30. The van der Waals surface area contributed by atoms with E-state index >= 15 is 4.39 Å². The van der Waals surface area contributed by atoms with Crippen LogP contribution in [0.1, 0.15) is 56.4 Å². The summed E-state index contributed by atoms with van der Waals surface area (Å²) in [5, 5.41) is 10.9. The van der Waals surface area contributed by atoms with Crippen LogP contribution in [0.25, 0.3) is 22.3 Å². The zero-order valence-electron chi connectivity index (χ0n) is 18.2. The number of halogens is 1. The molecule has 1 saturated carbocycles. The third-order valence-corrected chi connectivity index (χ3v) is 6.25. The third kappa shape index (κ3) is 3.25. The number of benzene rings is 2. The van der Waals surface area contributed by atoms with Crippen molar-refractivity contribution in [1.82, 2.24) is 9.47 Å². The molecular weight excluding hydrogens is 385 g/mol. The van der Waals surface area contributed by atoms with Crippen LogP contribution in [0.2, 0.25) is 0 Å². The second-order valence-electron chi connectivity index (χ2n) is 9.43. The van der Waals surface area contributed by atoms with Gasteiger partial charge in [0.05, 0.1) is 22.5 Å². The van der Waals surface area contributed by atoms with Gasteiger partial charge < -0.3 is 9.47 Å². The summed E-state index contributed by atoms with van der Waals surface area (Å²) in [6, 6.07) is 16.0. The number of aromatic nitrogens is 1. The van der Waals surface area contributed by atoms with E-state index in [2.05, 4.69) is 48.5 Å². The normalized spacial score (nSPS) is 16.5. The molecule has 5 rings (SSSR count). The first-order valence-corrected chi connectivity index (χ1v) is 10.9. The fraction of sp³-hybridized carbons (Fsp3) is 0.296. The Morgan fingerprint density at radius 3 is 2.48 bits per heavy atom. The van der Waals surface area contributed by atoms with Crippen LogP contribution in [-0.2, 0) is 0 Å². The maximum Gasteiger partial charge on any atom is 0.127 e. The number of nitrogens with zero attached hydrogens (tertiary/aromatic N) is 3. The van der Waals surface area contributed by atoms with Crippen molar-refractivity contribution in [3.63, 3.8) is 0 Å². The lowest BCUT2D eigenvalue weighted by Crippen LogP contribution is -2.41. The summed E-state index contributed by atoms with van der Waals surface area (Å²) in [5.74, 6) is 0.0915. The van der Waals surface area contributed by atoms with Gasteiger partial charge in [0, 0.05) is 23.2 Å². The molecule has 0 N–H and O–H groups in total. The van der Waals surface area contributed by atoms with Crippen LogP contribution in [0.3, 0.4) is 0 Å². The summed E-state index contributed by atoms with van der Waals surface area (Å²) in [5.41, 5.74) is 4.84. The maximum absolute atomic E-state index is 15.0. The predicted molar refractivity (Wildman–Crippen MR) is 123 cm³/mol. The molecule has 1 aliphatic heterocycles. The average Bonchev–Trinajstić information content (AvgIpc) is 3.55. The van der Waals surface area contributed by atoms with Gasteiger partial charge in [0.1, 0.15) is 11.9 Å². The standard InChI is InChI=1S/C27H26FN3/c1-27(2,3)30-14-8-7-11-24(30)26-22(17-29)21-15-23(28)20(18-12-13-18)16-25(21)31(26)19-9-5-4-6-10-19/h4-11,15-16,18H,12-14H2,1-3H3. The van der Waals surface area contributed by atoms with Crippen LogP contribution in [0, 0.1) is 17.1 Å². The summed E-state index contributed by atoms with van der Waals surface area (Å²) in [6.45, 7) is 7.28. The monoisotopic (exact) mass is 411 g/mol. The van der Waals surface area contributed by atoms with Gasteiger partial charge in [0.15, 0.2) is 0 Å². The van der Waals surface area contributed by atoms with Crippen molar-refractivity contribution in [1.29, 1.82) is 5.26 Å². The highest BCUT2D eigenvalue weighted by Crippen LogP contribution is 2.45. The fourth-order valence-electron chi connectivity index (χ4n) is 4.59. The zero-order valence-corrected chi connectivity index (χ0v) is 18.2. The minimum absolute atomic E-state index is 0.133. The molecule has 156 valence electrons. The summed E-state index contributed by atoms with van der Waals surface area (Å²) < 4.78 is 17.2. The lowest BCUT2D eigenvalue weighted by molar-refractivity contribution is 0.239. The zero-order chi connectivity index (χ0) is 21.8. The highest BCUT2D eigenvalue weighted by molar-refractivity contribution is 5.95. The predicted octanol–water partition coefficient (Wildman–Crippen LogP) is 6.53. The van der Waals surface area contributed by atoms with Gasteiger partial charge in [-0.1, -0.05) is 30.4 Å². The summed E-state index contributed by atoms with van der Waals surface area (Å²) in [4.78, 5) is 2.31. The Morgan fingerprint density at radius 2 is 1.84 bits per heavy atom. The Balaban J connectivity index is 1.88. The molecule has 31 heavy (non-hydrogen) atoms. The van der Waals surface area contributed by atoms with Crippen LogP contribution < -0.4 is 0 Å². The minimum atomic E-state index is -0.201. The molecule has 1 fully saturated rings. The first kappa shape index (κ1) is 19.6. The highest BCUT2D eigenvalue weighted by atomic mass is 19.1. The number of hydrogen-bond donors (Lipinski definition) is 0. The number of fused-ring (bicyclic) bond motifs is 1. The van der Waals surface area contributed by atoms with E-state index < -0.39 is 0 Å². The van der Waals surface area contributed by atoms with E-state index in [1.165, 1.54) is 0 Å². The highest BCUT2D eigenvalue weighted by Gasteiger charge is 2.32. The third-order valence-electron chi connectivity index (χ3n) is 6.25. The maximum atomic E-state index is 15.0. The number of rotatable bonds is 3. The molecule has 0 unspecified atom stereocenters. The molecule has 0 amide bonds. The molecule has 2 aliphatic rings. The topological polar surface area (TPSA) is 32.0 Å². The largest absolute Gasteiger partial charge is 0.361 e. The van der Waals surface area contributed by atoms with Crippen molar-refractivity contribution in [2.45, 2.75) is 45.1 Å². The summed E-state index contributed by atoms with van der Waals surface area (Å²) in [7, 11) is 0. The molecule has 3 nitrogen and oxygen atoms in total. The van der Waals surface area contributed by atoms with Gasteiger partial charge in [-0.2, -0.15) is 5.26 Å². The van der Waals surface area contributed by atoms with Crippen molar-refractivity contribution in [2.75, 3.05) is 6.54 Å². The molecule has 2 aromatic carbocycles. The number of allylic oxidation sites excluding steroid dienone is 2. The first-order valence-electron chi connectivity index (χ1n) is 10.9. The van der Waals surface area contributed by atoms with Gasteiger partial charge in [-0.05, 0) is 75.4 Å². The molecule has 1 aliphatic carbocycles. The SMILES string of the molecule is CC(C)(C)N1CC=CC=C1c1c(C#N)c2cc(F)c(C3CC3)cc2n1-c1ccccc1. The van der Waals surface area contributed by atoms with Gasteiger partial charge in [0.2, 0.25) is 0 Å². The molecule has 0 spiro atoms. The molecule has 0 radical (unpaired) electrons. The van der Waals surface area contributed by atoms with Crippen LogP contribution >= 0.6 is 0 Å². The second kappa shape index (κ2) is 7.13. The van der Waals surface area contributed by atoms with E-state index in [-0.39, 0.29) is 11.4 Å². The van der Waals surface area contributed by atoms with E-state index in [0.29, 0.717) is 16.9 Å². The number of hydrogen-bond acceptors (Lipinski definition) is 2. The lowest BCUT2D eigenvalue weighted by Gasteiger charge is -2.40. The first-order chi connectivity index (χ1) is 14.9. The molecule has 0 atom stereocenters. The Labute approximate surface area is 182 Å². The molecule has 1 aromatic heterocycles. The molecule has 4 heteroatoms. The van der Waals surface area contributed by atoms with Crippen molar-refractivity contribution >= 4 is 16.6 Å². The quantitative estimate of drug-likeness (QED) is 0.491. The molecule has 0 bridgehead atoms. The lowest BCUT2D eigenvalue weighted by atomic mass is 9.99. The molecule has 0 saturated heterocycles. The van der Waals surface area contributed by atoms with E-state index in [0.717, 1.165) is 47.5 Å². The summed E-state index contributed by atoms with van der Waals surface area (Å²) >= 11 is 0. The second-order valence-corrected chi connectivity index (χ2v) is 9.43. The Hall–Kier alpha value is -3.32. The van der Waals surface area contributed by atoms with Crippen molar-refractivity contribution in [3.05, 3.63) is 83.3 Å². The van der Waals surface area contributed by atoms with E-state index in [4.69, 9.17) is 0 Å². The Kier molecular flexibility index (Phi) is 4.51. The fourth-order valence-corrected chi connectivity index (χ4v) is 4.59. The van der Waals surface area contributed by atoms with E-state index in [1.807, 2.05) is 42.5 Å². The Morgan fingerprint density at radius 1 is 1.10 bits per heavy atom. The van der Waals surface area contributed by atoms with Gasteiger partial charge in [-0.25, -0.2) is 4.39 Å². The van der Waals surface area contributed by atoms with Crippen molar-refractivity contribution in [3.8, 4) is 11.8 Å². The van der Waals surface area contributed by atoms with Crippen LogP contribution in [-0.4, -0.2) is 21.6 Å². The Bertz CT molecular complexity index is 1260. The number of para-hydroxylation sites is 1. The van der Waals surface area contributed by atoms with Crippen molar-refractivity contribution < 1.29 is 4.39 Å². The number of nitriles is 1. The molecular formula is C27H26FN3. The van der Waals surface area contributed by atoms with E-state index in [1.54, 1.807) is 6.07 Å². The minimum Gasteiger partial charge on any atom is -0.361 e. The molecule has 3 aromatic rings. The van der Waals surface area contributed by atoms with E-state index in [9.17, 15) is 5.26 Å². The van der Waals surface area contributed by atoms with Gasteiger partial charge in [-0.15, -0.1) is 0 Å². The van der Waals surface area contributed by atoms with Crippen LogP contribution in [0.5, 0.6) is 0 Å². The van der Waals surface area contributed by atoms with Crippen molar-refractivity contribution in [2.24, 2.45) is 0 Å². The van der Waals surface area contributed by atoms with Gasteiger partial charge >= 0.3 is 0 Å². The smallest absolute Gasteiger partial charge is 0.127 e. The average molecular weight is 412 g/mol. The van der Waals surface area contributed by atoms with Gasteiger partial charge in [0.25, 0.3) is 0 Å². The molecule has 2 heterocycles. The van der Waals surface area contributed by atoms with Crippen LogP contribution in [0.15, 0.2) is 60.7 Å².